The van der Waals surface area contributed by atoms with Crippen LogP contribution in [0.25, 0.3) is 23.1 Å². The number of benzene rings is 1. The molecular weight excluding hydrogens is 198 g/mol. The number of H-pyrrole nitrogens is 2. The number of hydrogen-bond donors (Lipinski definition) is 2. The van der Waals surface area contributed by atoms with Gasteiger partial charge in [0.15, 0.2) is 0 Å². The Kier molecular flexibility index (Phi) is 2.07. The molecule has 0 aliphatic heterocycles. The van der Waals surface area contributed by atoms with Gasteiger partial charge in [-0.15, -0.1) is 0 Å². The minimum absolute atomic E-state index is 1.01. The predicted octanol–water partition coefficient (Wildman–Crippen LogP) is 3.06. The zero-order valence-electron chi connectivity index (χ0n) is 8.64. The van der Waals surface area contributed by atoms with E-state index in [1.165, 1.54) is 10.9 Å². The second-order valence-corrected chi connectivity index (χ2v) is 3.63. The highest BCUT2D eigenvalue weighted by molar-refractivity contribution is 5.90. The average Bonchev–Trinajstić information content (AvgIpc) is 2.97. The van der Waals surface area contributed by atoms with Crippen molar-refractivity contribution in [1.29, 1.82) is 0 Å². The number of nitrogens with one attached hydrogen (secondary N) is 2. The molecule has 16 heavy (non-hydrogen) atoms. The van der Waals surface area contributed by atoms with Crippen LogP contribution in [0.1, 0.15) is 11.3 Å². The van der Waals surface area contributed by atoms with E-state index in [2.05, 4.69) is 39.5 Å². The Bertz CT molecular complexity index is 617. The van der Waals surface area contributed by atoms with Crippen molar-refractivity contribution >= 4 is 23.1 Å². The third-order valence-corrected chi connectivity index (χ3v) is 2.59. The highest BCUT2D eigenvalue weighted by Gasteiger charge is 1.97. The topological polar surface area (TPSA) is 44.5 Å². The van der Waals surface area contributed by atoms with E-state index in [1.54, 1.807) is 6.20 Å². The molecule has 0 unspecified atom stereocenters. The van der Waals surface area contributed by atoms with Crippen molar-refractivity contribution in [1.82, 2.24) is 15.2 Å². The summed E-state index contributed by atoms with van der Waals surface area (Å²) >= 11 is 0. The van der Waals surface area contributed by atoms with Gasteiger partial charge in [0, 0.05) is 23.3 Å². The summed E-state index contributed by atoms with van der Waals surface area (Å²) in [5.41, 5.74) is 3.37. The minimum Gasteiger partial charge on any atom is -0.361 e. The Morgan fingerprint density at radius 2 is 2.06 bits per heavy atom. The molecule has 3 rings (SSSR count). The molecule has 0 saturated carbocycles. The van der Waals surface area contributed by atoms with Crippen LogP contribution in [0.5, 0.6) is 0 Å². The lowest BCUT2D eigenvalue weighted by molar-refractivity contribution is 1.08. The summed E-state index contributed by atoms with van der Waals surface area (Å²) in [6, 6.07) is 10.2. The summed E-state index contributed by atoms with van der Waals surface area (Å²) < 4.78 is 0. The molecule has 3 heteroatoms. The van der Waals surface area contributed by atoms with Gasteiger partial charge in [-0.3, -0.25) is 5.10 Å². The molecule has 0 saturated heterocycles. The molecule has 2 aromatic heterocycles. The quantitative estimate of drug-likeness (QED) is 0.669. The van der Waals surface area contributed by atoms with Crippen LogP contribution in [-0.4, -0.2) is 15.2 Å². The van der Waals surface area contributed by atoms with Crippen LogP contribution in [0.3, 0.4) is 0 Å². The van der Waals surface area contributed by atoms with Crippen molar-refractivity contribution < 1.29 is 0 Å². The summed E-state index contributed by atoms with van der Waals surface area (Å²) in [7, 11) is 0. The third kappa shape index (κ3) is 1.52. The molecule has 0 fully saturated rings. The fourth-order valence-electron chi connectivity index (χ4n) is 1.79. The normalized spacial score (nSPS) is 11.5. The highest BCUT2D eigenvalue weighted by atomic mass is 15.1. The van der Waals surface area contributed by atoms with Crippen molar-refractivity contribution in [2.24, 2.45) is 0 Å². The molecule has 2 N–H and O–H groups in total. The smallest absolute Gasteiger partial charge is 0.0577 e. The van der Waals surface area contributed by atoms with Crippen molar-refractivity contribution in [3.8, 4) is 0 Å². The van der Waals surface area contributed by atoms with E-state index in [1.807, 2.05) is 24.4 Å². The van der Waals surface area contributed by atoms with Crippen molar-refractivity contribution in [3.05, 3.63) is 54.0 Å². The maximum Gasteiger partial charge on any atom is 0.0577 e. The molecular formula is C13H11N3. The summed E-state index contributed by atoms with van der Waals surface area (Å²) in [5.74, 6) is 0. The number of aromatic amines is 2. The highest BCUT2D eigenvalue weighted by Crippen LogP contribution is 2.19. The van der Waals surface area contributed by atoms with E-state index in [9.17, 15) is 0 Å². The molecule has 0 radical (unpaired) electrons. The Balaban J connectivity index is 2.03. The first kappa shape index (κ1) is 8.97. The van der Waals surface area contributed by atoms with Crippen LogP contribution in [0.2, 0.25) is 0 Å². The molecule has 0 amide bonds. The van der Waals surface area contributed by atoms with Gasteiger partial charge in [0.2, 0.25) is 0 Å². The van der Waals surface area contributed by atoms with Crippen LogP contribution < -0.4 is 0 Å². The Hall–Kier alpha value is -2.29. The Morgan fingerprint density at radius 3 is 2.94 bits per heavy atom. The lowest BCUT2D eigenvalue weighted by Gasteiger charge is -1.95. The summed E-state index contributed by atoms with van der Waals surface area (Å²) in [4.78, 5) is 3.20. The van der Waals surface area contributed by atoms with Gasteiger partial charge in [-0.1, -0.05) is 18.2 Å². The first-order valence-corrected chi connectivity index (χ1v) is 5.17. The van der Waals surface area contributed by atoms with Gasteiger partial charge < -0.3 is 4.98 Å². The maximum absolute atomic E-state index is 3.90. The van der Waals surface area contributed by atoms with E-state index < -0.39 is 0 Å². The van der Waals surface area contributed by atoms with Gasteiger partial charge in [0.05, 0.1) is 5.69 Å². The minimum atomic E-state index is 1.01. The number of rotatable bonds is 2. The first-order valence-electron chi connectivity index (χ1n) is 5.17. The summed E-state index contributed by atoms with van der Waals surface area (Å²) in [6.07, 6.45) is 7.81. The van der Waals surface area contributed by atoms with E-state index >= 15 is 0 Å². The van der Waals surface area contributed by atoms with Gasteiger partial charge >= 0.3 is 0 Å². The van der Waals surface area contributed by atoms with Gasteiger partial charge in [-0.2, -0.15) is 5.10 Å². The monoisotopic (exact) mass is 209 g/mol. The van der Waals surface area contributed by atoms with Crippen molar-refractivity contribution in [2.75, 3.05) is 0 Å². The molecule has 78 valence electrons. The van der Waals surface area contributed by atoms with Crippen LogP contribution in [0, 0.1) is 0 Å². The fourth-order valence-corrected chi connectivity index (χ4v) is 1.79. The Labute approximate surface area is 92.8 Å². The van der Waals surface area contributed by atoms with Gasteiger partial charge in [-0.25, -0.2) is 0 Å². The summed E-state index contributed by atoms with van der Waals surface area (Å²) in [6.45, 7) is 0. The lowest BCUT2D eigenvalue weighted by Crippen LogP contribution is -1.75. The molecule has 0 spiro atoms. The second-order valence-electron chi connectivity index (χ2n) is 3.63. The molecule has 3 nitrogen and oxygen atoms in total. The predicted molar refractivity (Wildman–Crippen MR) is 65.8 cm³/mol. The van der Waals surface area contributed by atoms with Crippen molar-refractivity contribution in [3.63, 3.8) is 0 Å². The number of fused-ring (bicyclic) bond motifs is 1. The molecule has 0 aliphatic carbocycles. The van der Waals surface area contributed by atoms with Gasteiger partial charge in [-0.05, 0) is 29.8 Å². The van der Waals surface area contributed by atoms with Gasteiger partial charge in [0.1, 0.15) is 0 Å². The summed E-state index contributed by atoms with van der Waals surface area (Å²) in [5, 5.41) is 8.04. The van der Waals surface area contributed by atoms with E-state index in [0.29, 0.717) is 0 Å². The van der Waals surface area contributed by atoms with E-state index in [0.717, 1.165) is 11.2 Å². The number of aromatic nitrogens is 3. The molecule has 0 aliphatic rings. The zero-order chi connectivity index (χ0) is 10.8. The number of hydrogen-bond acceptors (Lipinski definition) is 1. The third-order valence-electron chi connectivity index (χ3n) is 2.59. The zero-order valence-corrected chi connectivity index (χ0v) is 8.64. The fraction of sp³-hybridized carbons (Fsp3) is 0. The number of nitrogens with zero attached hydrogens (tertiary/aromatic N) is 1. The molecule has 3 aromatic rings. The molecule has 2 heterocycles. The lowest BCUT2D eigenvalue weighted by atomic mass is 10.1. The SMILES string of the molecule is C(=Cc1cccc2[nH]ccc12)c1ccn[nH]1. The van der Waals surface area contributed by atoms with Crippen LogP contribution in [0.15, 0.2) is 42.7 Å². The van der Waals surface area contributed by atoms with Crippen LogP contribution in [0.4, 0.5) is 0 Å². The molecule has 0 atom stereocenters. The van der Waals surface area contributed by atoms with E-state index in [4.69, 9.17) is 0 Å². The largest absolute Gasteiger partial charge is 0.361 e. The van der Waals surface area contributed by atoms with E-state index in [-0.39, 0.29) is 0 Å². The van der Waals surface area contributed by atoms with Crippen molar-refractivity contribution in [2.45, 2.75) is 0 Å². The van der Waals surface area contributed by atoms with Gasteiger partial charge in [0.25, 0.3) is 0 Å². The average molecular weight is 209 g/mol. The van der Waals surface area contributed by atoms with Crippen LogP contribution >= 0.6 is 0 Å². The van der Waals surface area contributed by atoms with Crippen LogP contribution in [-0.2, 0) is 0 Å². The standard InChI is InChI=1S/C13H11N3/c1-2-10(4-5-11-6-9-15-16-11)12-7-8-14-13(12)3-1/h1-9,14H,(H,15,16). The molecule has 0 bridgehead atoms. The maximum atomic E-state index is 3.90. The second kappa shape index (κ2) is 3.70. The Morgan fingerprint density at radius 1 is 1.06 bits per heavy atom. The molecule has 1 aromatic carbocycles. The first-order chi connectivity index (χ1) is 7.93.